The normalized spacial score (nSPS) is 23.2. The van der Waals surface area contributed by atoms with Crippen LogP contribution in [0.5, 0.6) is 0 Å². The minimum absolute atomic E-state index is 0.155. The second-order valence-corrected chi connectivity index (χ2v) is 20.6. The van der Waals surface area contributed by atoms with E-state index in [1.165, 1.54) is 0 Å². The third kappa shape index (κ3) is 16.2. The fraction of sp³-hybridized carbons (Fsp3) is 0.284. The van der Waals surface area contributed by atoms with Gasteiger partial charge in [0, 0.05) is 4.90 Å². The van der Waals surface area contributed by atoms with Gasteiger partial charge in [0.15, 0.2) is 6.29 Å². The van der Waals surface area contributed by atoms with Crippen molar-refractivity contribution in [3.63, 3.8) is 0 Å². The number of thioether (sulfide) groups is 1. The second kappa shape index (κ2) is 29.6. The first-order valence-electron chi connectivity index (χ1n) is 26.9. The lowest BCUT2D eigenvalue weighted by molar-refractivity contribution is -0.360. The van der Waals surface area contributed by atoms with Gasteiger partial charge in [0.05, 0.1) is 59.5 Å². The smallest absolute Gasteiger partial charge is 0.187 e. The molecule has 10 nitrogen and oxygen atoms in total. The molecule has 0 amide bonds. The third-order valence-corrected chi connectivity index (χ3v) is 14.8. The monoisotopic (exact) mass is 1060 g/mol. The molecule has 0 spiro atoms. The SMILES string of the molecule is c1ccc(COC[C@H]2O[C@@H](O[C@H]3[C@H](OCc4ccccc4)[C@@H](OCc4ccccc4)[C@H](Sc4ccccc4)O[C@@H]3COCc3ccccc3)[C@H](OCc3ccccc3)[C@@H](OCc3ccccc3)[C@H]2OCc2ccccc2)cc1. The third-order valence-electron chi connectivity index (χ3n) is 13.7. The van der Waals surface area contributed by atoms with Gasteiger partial charge in [0.1, 0.15) is 54.3 Å². The lowest BCUT2D eigenvalue weighted by Crippen LogP contribution is -2.66. The van der Waals surface area contributed by atoms with Gasteiger partial charge in [-0.15, -0.1) is 0 Å². The van der Waals surface area contributed by atoms with Crippen LogP contribution in [0.15, 0.2) is 248 Å². The largest absolute Gasteiger partial charge is 0.374 e. The summed E-state index contributed by atoms with van der Waals surface area (Å²) < 4.78 is 71.3. The van der Waals surface area contributed by atoms with E-state index in [2.05, 4.69) is 84.9 Å². The average Bonchev–Trinajstić information content (AvgIpc) is 3.51. The first-order chi connectivity index (χ1) is 38.7. The number of hydrogen-bond acceptors (Lipinski definition) is 11. The van der Waals surface area contributed by atoms with Crippen LogP contribution in [0, 0.1) is 0 Å². The summed E-state index contributed by atoms with van der Waals surface area (Å²) in [6, 6.07) is 81.2. The molecule has 0 N–H and O–H groups in total. The molecular formula is C67H68O10S. The highest BCUT2D eigenvalue weighted by atomic mass is 32.2. The van der Waals surface area contributed by atoms with E-state index in [4.69, 9.17) is 47.4 Å². The fourth-order valence-corrected chi connectivity index (χ4v) is 10.8. The van der Waals surface area contributed by atoms with Gasteiger partial charge in [-0.1, -0.05) is 242 Å². The molecule has 0 bridgehead atoms. The molecule has 8 aromatic rings. The number of hydrogen-bond donors (Lipinski definition) is 0. The van der Waals surface area contributed by atoms with Crippen molar-refractivity contribution in [2.45, 2.75) is 112 Å². The molecule has 8 aromatic carbocycles. The van der Waals surface area contributed by atoms with Crippen LogP contribution in [-0.4, -0.2) is 73.8 Å². The Labute approximate surface area is 463 Å². The van der Waals surface area contributed by atoms with Crippen LogP contribution >= 0.6 is 11.8 Å². The zero-order valence-electron chi connectivity index (χ0n) is 43.7. The van der Waals surface area contributed by atoms with Gasteiger partial charge in [0.25, 0.3) is 0 Å². The van der Waals surface area contributed by atoms with Crippen molar-refractivity contribution in [2.24, 2.45) is 0 Å². The Morgan fingerprint density at radius 1 is 0.282 bits per heavy atom. The van der Waals surface area contributed by atoms with Crippen LogP contribution < -0.4 is 0 Å². The summed E-state index contributed by atoms with van der Waals surface area (Å²) in [5.41, 5.74) is 6.48. The molecule has 0 aliphatic carbocycles. The van der Waals surface area contributed by atoms with Gasteiger partial charge in [-0.3, -0.25) is 0 Å². The van der Waals surface area contributed by atoms with Gasteiger partial charge in [-0.25, -0.2) is 0 Å². The van der Waals surface area contributed by atoms with E-state index in [9.17, 15) is 0 Å². The van der Waals surface area contributed by atoms with Crippen LogP contribution in [0.4, 0.5) is 0 Å². The molecule has 0 saturated carbocycles. The summed E-state index contributed by atoms with van der Waals surface area (Å²) in [5, 5.41) is 0. The summed E-state index contributed by atoms with van der Waals surface area (Å²) in [6.45, 7) is 2.38. The zero-order chi connectivity index (χ0) is 52.8. The van der Waals surface area contributed by atoms with Gasteiger partial charge >= 0.3 is 0 Å². The van der Waals surface area contributed by atoms with E-state index in [-0.39, 0.29) is 33.0 Å². The molecule has 2 heterocycles. The summed E-state index contributed by atoms with van der Waals surface area (Å²) in [5.74, 6) is 0. The molecule has 2 aliphatic heterocycles. The highest BCUT2D eigenvalue weighted by molar-refractivity contribution is 7.99. The van der Waals surface area contributed by atoms with Crippen molar-refractivity contribution >= 4 is 11.8 Å². The maximum atomic E-state index is 7.66. The number of ether oxygens (including phenoxy) is 10. The van der Waals surface area contributed by atoms with Crippen molar-refractivity contribution in [2.75, 3.05) is 13.2 Å². The summed E-state index contributed by atoms with van der Waals surface area (Å²) >= 11 is 1.59. The van der Waals surface area contributed by atoms with Crippen LogP contribution in [0.2, 0.25) is 0 Å². The minimum Gasteiger partial charge on any atom is -0.374 e. The molecular weight excluding hydrogens is 997 g/mol. The summed E-state index contributed by atoms with van der Waals surface area (Å²) in [7, 11) is 0. The van der Waals surface area contributed by atoms with Crippen LogP contribution in [0.25, 0.3) is 0 Å². The van der Waals surface area contributed by atoms with E-state index >= 15 is 0 Å². The van der Waals surface area contributed by atoms with Crippen molar-refractivity contribution in [1.29, 1.82) is 0 Å². The highest BCUT2D eigenvalue weighted by Gasteiger charge is 2.54. The molecule has 0 aromatic heterocycles. The fourth-order valence-electron chi connectivity index (χ4n) is 9.68. The van der Waals surface area contributed by atoms with E-state index < -0.39 is 60.6 Å². The predicted molar refractivity (Wildman–Crippen MR) is 302 cm³/mol. The van der Waals surface area contributed by atoms with Crippen molar-refractivity contribution < 1.29 is 47.4 Å². The molecule has 0 radical (unpaired) electrons. The standard InChI is InChI=1S/C67H68O10S/c1-9-25-50(26-10-1)41-68-48-58-60(70-43-52-29-13-3-14-30-52)62(71-44-53-31-15-4-16-32-53)64(73-46-55-35-19-6-20-36-55)66(75-58)77-61-59(49-69-42-51-27-11-2-12-28-51)76-67(78-57-39-23-8-24-40-57)65(74-47-56-37-21-7-22-38-56)63(61)72-45-54-33-17-5-18-34-54/h1-40,58-67H,41-49H2/t58-,59-,60+,61-,62+,63+,64-,65-,66+,67+/m1/s1. The van der Waals surface area contributed by atoms with Gasteiger partial charge in [-0.2, -0.15) is 0 Å². The summed E-state index contributed by atoms with van der Waals surface area (Å²) in [6.07, 6.45) is -7.03. The Bertz CT molecular complexity index is 2880. The van der Waals surface area contributed by atoms with Crippen molar-refractivity contribution in [1.82, 2.24) is 0 Å². The van der Waals surface area contributed by atoms with E-state index in [1.807, 2.05) is 158 Å². The maximum absolute atomic E-state index is 7.66. The van der Waals surface area contributed by atoms with Crippen LogP contribution in [0.3, 0.4) is 0 Å². The average molecular weight is 1070 g/mol. The lowest BCUT2D eigenvalue weighted by Gasteiger charge is -2.50. The molecule has 11 heteroatoms. The Kier molecular flexibility index (Phi) is 20.9. The first kappa shape index (κ1) is 55.0. The highest BCUT2D eigenvalue weighted by Crippen LogP contribution is 2.41. The van der Waals surface area contributed by atoms with Gasteiger partial charge < -0.3 is 47.4 Å². The van der Waals surface area contributed by atoms with Gasteiger partial charge in [0.2, 0.25) is 0 Å². The quantitative estimate of drug-likeness (QED) is 0.0493. The minimum atomic E-state index is -1.09. The van der Waals surface area contributed by atoms with E-state index in [0.717, 1.165) is 43.8 Å². The zero-order valence-corrected chi connectivity index (χ0v) is 44.5. The van der Waals surface area contributed by atoms with Crippen LogP contribution in [-0.2, 0) is 93.6 Å². The Morgan fingerprint density at radius 3 is 0.962 bits per heavy atom. The predicted octanol–water partition coefficient (Wildman–Crippen LogP) is 13.0. The van der Waals surface area contributed by atoms with Gasteiger partial charge in [-0.05, 0) is 51.1 Å². The molecule has 0 unspecified atom stereocenters. The van der Waals surface area contributed by atoms with Crippen molar-refractivity contribution in [3.8, 4) is 0 Å². The first-order valence-corrected chi connectivity index (χ1v) is 27.8. The molecule has 10 atom stereocenters. The summed E-state index contributed by atoms with van der Waals surface area (Å²) in [4.78, 5) is 1.02. The van der Waals surface area contributed by atoms with Crippen LogP contribution in [0.1, 0.15) is 38.9 Å². The Hall–Kier alpha value is -6.29. The molecule has 2 saturated heterocycles. The van der Waals surface area contributed by atoms with E-state index in [0.29, 0.717) is 26.4 Å². The molecule has 2 fully saturated rings. The topological polar surface area (TPSA) is 92.3 Å². The molecule has 2 aliphatic rings. The number of rotatable bonds is 27. The maximum Gasteiger partial charge on any atom is 0.187 e. The Balaban J connectivity index is 1.06. The number of benzene rings is 8. The Morgan fingerprint density at radius 2 is 0.577 bits per heavy atom. The van der Waals surface area contributed by atoms with Crippen molar-refractivity contribution in [3.05, 3.63) is 282 Å². The second-order valence-electron chi connectivity index (χ2n) is 19.4. The lowest BCUT2D eigenvalue weighted by atomic mass is 9.96. The molecule has 402 valence electrons. The molecule has 78 heavy (non-hydrogen) atoms. The van der Waals surface area contributed by atoms with E-state index in [1.54, 1.807) is 11.8 Å². The molecule has 10 rings (SSSR count).